The van der Waals surface area contributed by atoms with E-state index in [0.717, 1.165) is 29.2 Å². The van der Waals surface area contributed by atoms with Gasteiger partial charge in [0.2, 0.25) is 0 Å². The zero-order valence-corrected chi connectivity index (χ0v) is 12.9. The highest BCUT2D eigenvalue weighted by Crippen LogP contribution is 2.37. The molecule has 1 fully saturated rings. The maximum absolute atomic E-state index is 5.83. The topological polar surface area (TPSA) is 50.9 Å². The Hall–Kier alpha value is -1.16. The van der Waals surface area contributed by atoms with Crippen LogP contribution in [0.4, 0.5) is 5.69 Å². The van der Waals surface area contributed by atoms with Crippen molar-refractivity contribution in [3.05, 3.63) is 23.0 Å². The van der Waals surface area contributed by atoms with E-state index in [4.69, 9.17) is 18.0 Å². The van der Waals surface area contributed by atoms with Gasteiger partial charge in [0.05, 0.1) is 5.56 Å². The molecular weight excluding hydrogens is 254 g/mol. The van der Waals surface area contributed by atoms with E-state index >= 15 is 0 Å². The average molecular weight is 277 g/mol. The highest BCUT2D eigenvalue weighted by Gasteiger charge is 2.28. The van der Waals surface area contributed by atoms with Crippen LogP contribution in [0.5, 0.6) is 0 Å². The number of nitrogens with zero attached hydrogens (tertiary/aromatic N) is 1. The molecule has 0 saturated heterocycles. The van der Waals surface area contributed by atoms with Crippen LogP contribution in [0.1, 0.15) is 49.6 Å². The van der Waals surface area contributed by atoms with Crippen LogP contribution in [0.2, 0.25) is 0 Å². The van der Waals surface area contributed by atoms with Gasteiger partial charge in [0, 0.05) is 23.6 Å². The van der Waals surface area contributed by atoms with Crippen LogP contribution >= 0.6 is 12.2 Å². The van der Waals surface area contributed by atoms with E-state index in [9.17, 15) is 0 Å². The van der Waals surface area contributed by atoms with Crippen molar-refractivity contribution in [3.63, 3.8) is 0 Å². The highest BCUT2D eigenvalue weighted by atomic mass is 32.1. The Labute approximate surface area is 121 Å². The molecule has 1 aliphatic carbocycles. The molecule has 1 aromatic rings. The van der Waals surface area contributed by atoms with Crippen LogP contribution < -0.4 is 11.1 Å². The zero-order valence-electron chi connectivity index (χ0n) is 12.0. The molecule has 104 valence electrons. The van der Waals surface area contributed by atoms with Crippen molar-refractivity contribution in [2.24, 2.45) is 11.1 Å². The van der Waals surface area contributed by atoms with Crippen LogP contribution in [0, 0.1) is 19.3 Å². The number of nitrogens with two attached hydrogens (primary N) is 1. The third-order valence-corrected chi connectivity index (χ3v) is 4.30. The molecule has 1 aromatic heterocycles. The summed E-state index contributed by atoms with van der Waals surface area (Å²) in [6, 6.07) is 2.04. The lowest BCUT2D eigenvalue weighted by Crippen LogP contribution is -2.25. The quantitative estimate of drug-likeness (QED) is 0.829. The van der Waals surface area contributed by atoms with Gasteiger partial charge in [0.15, 0.2) is 0 Å². The van der Waals surface area contributed by atoms with Gasteiger partial charge in [-0.15, -0.1) is 0 Å². The number of hydrogen-bond donors (Lipinski definition) is 2. The summed E-state index contributed by atoms with van der Waals surface area (Å²) in [5.74, 6) is 0. The van der Waals surface area contributed by atoms with Crippen LogP contribution in [0.3, 0.4) is 0 Å². The number of aryl methyl sites for hydroxylation is 2. The summed E-state index contributed by atoms with van der Waals surface area (Å²) in [5.41, 5.74) is 10.1. The molecule has 0 amide bonds. The number of aromatic nitrogens is 1. The number of hydrogen-bond acceptors (Lipinski definition) is 3. The lowest BCUT2D eigenvalue weighted by atomic mass is 9.89. The molecule has 0 atom stereocenters. The normalized spacial score (nSPS) is 17.4. The van der Waals surface area contributed by atoms with Crippen LogP contribution in [-0.2, 0) is 0 Å². The van der Waals surface area contributed by atoms with Crippen LogP contribution in [-0.4, -0.2) is 16.5 Å². The van der Waals surface area contributed by atoms with Gasteiger partial charge >= 0.3 is 0 Å². The fourth-order valence-electron chi connectivity index (χ4n) is 2.99. The lowest BCUT2D eigenvalue weighted by molar-refractivity contribution is 0.362. The molecule has 0 aliphatic heterocycles. The molecule has 0 aromatic carbocycles. The van der Waals surface area contributed by atoms with Crippen molar-refractivity contribution in [1.82, 2.24) is 4.98 Å². The first-order chi connectivity index (χ1) is 8.91. The number of rotatable bonds is 4. The fraction of sp³-hybridized carbons (Fsp3) is 0.600. The lowest BCUT2D eigenvalue weighted by Gasteiger charge is -2.25. The Bertz CT molecular complexity index is 490. The summed E-state index contributed by atoms with van der Waals surface area (Å²) in [6.07, 6.45) is 5.28. The first-order valence-electron chi connectivity index (χ1n) is 6.93. The molecule has 1 aliphatic rings. The van der Waals surface area contributed by atoms with E-state index in [1.54, 1.807) is 0 Å². The first-order valence-corrected chi connectivity index (χ1v) is 7.34. The van der Waals surface area contributed by atoms with Gasteiger partial charge < -0.3 is 11.1 Å². The number of nitrogens with one attached hydrogen (secondary N) is 1. The number of thiocarbonyl (C=S) groups is 1. The summed E-state index contributed by atoms with van der Waals surface area (Å²) < 4.78 is 0. The van der Waals surface area contributed by atoms with Crippen LogP contribution in [0.15, 0.2) is 6.07 Å². The maximum Gasteiger partial charge on any atom is 0.107 e. The Morgan fingerprint density at radius 2 is 2.05 bits per heavy atom. The van der Waals surface area contributed by atoms with Crippen LogP contribution in [0.25, 0.3) is 0 Å². The zero-order chi connectivity index (χ0) is 14.0. The van der Waals surface area contributed by atoms with Crippen molar-refractivity contribution < 1.29 is 0 Å². The number of pyridine rings is 1. The minimum atomic E-state index is 0.401. The summed E-state index contributed by atoms with van der Waals surface area (Å²) in [4.78, 5) is 4.87. The molecule has 0 bridgehead atoms. The molecule has 1 saturated carbocycles. The van der Waals surface area contributed by atoms with Crippen molar-refractivity contribution in [1.29, 1.82) is 0 Å². The molecular formula is C15H23N3S. The largest absolute Gasteiger partial charge is 0.389 e. The molecule has 3 N–H and O–H groups in total. The summed E-state index contributed by atoms with van der Waals surface area (Å²) in [5, 5.41) is 3.55. The van der Waals surface area contributed by atoms with Crippen molar-refractivity contribution in [3.8, 4) is 0 Å². The standard InChI is InChI=1S/C15H23N3S/c1-10-8-12(13(14(16)19)11(2)18-10)17-9-15(3)6-4-5-7-15/h8H,4-7,9H2,1-3H3,(H2,16,19)(H,17,18). The Morgan fingerprint density at radius 3 is 2.63 bits per heavy atom. The second kappa shape index (κ2) is 5.45. The molecule has 4 heteroatoms. The Balaban J connectivity index is 2.21. The molecule has 19 heavy (non-hydrogen) atoms. The maximum atomic E-state index is 5.83. The summed E-state index contributed by atoms with van der Waals surface area (Å²) in [7, 11) is 0. The molecule has 3 nitrogen and oxygen atoms in total. The second-order valence-electron chi connectivity index (χ2n) is 6.01. The first kappa shape index (κ1) is 14.3. The van der Waals surface area contributed by atoms with E-state index < -0.39 is 0 Å². The predicted octanol–water partition coefficient (Wildman–Crippen LogP) is 3.32. The highest BCUT2D eigenvalue weighted by molar-refractivity contribution is 7.80. The van der Waals surface area contributed by atoms with Gasteiger partial charge in [0.1, 0.15) is 4.99 Å². The molecule has 1 heterocycles. The predicted molar refractivity (Wildman–Crippen MR) is 84.7 cm³/mol. The Morgan fingerprint density at radius 1 is 1.42 bits per heavy atom. The second-order valence-corrected chi connectivity index (χ2v) is 6.45. The molecule has 0 spiro atoms. The van der Waals surface area contributed by atoms with Crippen molar-refractivity contribution in [2.75, 3.05) is 11.9 Å². The summed E-state index contributed by atoms with van der Waals surface area (Å²) >= 11 is 5.15. The molecule has 0 unspecified atom stereocenters. The third kappa shape index (κ3) is 3.24. The van der Waals surface area contributed by atoms with E-state index in [2.05, 4.69) is 17.2 Å². The van der Waals surface area contributed by atoms with E-state index in [1.165, 1.54) is 25.7 Å². The number of anilines is 1. The van der Waals surface area contributed by atoms with Gasteiger partial charge in [-0.2, -0.15) is 0 Å². The van der Waals surface area contributed by atoms with E-state index in [-0.39, 0.29) is 0 Å². The average Bonchev–Trinajstić information content (AvgIpc) is 2.72. The van der Waals surface area contributed by atoms with Gasteiger partial charge in [-0.3, -0.25) is 4.98 Å². The van der Waals surface area contributed by atoms with Gasteiger partial charge in [-0.25, -0.2) is 0 Å². The van der Waals surface area contributed by atoms with Gasteiger partial charge in [-0.05, 0) is 38.2 Å². The SMILES string of the molecule is Cc1cc(NCC2(C)CCCC2)c(C(N)=S)c(C)n1. The monoisotopic (exact) mass is 277 g/mol. The Kier molecular flexibility index (Phi) is 4.09. The molecule has 2 rings (SSSR count). The van der Waals surface area contributed by atoms with Crippen molar-refractivity contribution in [2.45, 2.75) is 46.5 Å². The smallest absolute Gasteiger partial charge is 0.107 e. The third-order valence-electron chi connectivity index (χ3n) is 4.09. The van der Waals surface area contributed by atoms with E-state index in [1.807, 2.05) is 19.9 Å². The minimum absolute atomic E-state index is 0.401. The van der Waals surface area contributed by atoms with Crippen molar-refractivity contribution >= 4 is 22.9 Å². The minimum Gasteiger partial charge on any atom is -0.389 e. The fourth-order valence-corrected chi connectivity index (χ4v) is 3.25. The van der Waals surface area contributed by atoms with Gasteiger partial charge in [0.25, 0.3) is 0 Å². The summed E-state index contributed by atoms with van der Waals surface area (Å²) in [6.45, 7) is 7.29. The molecule has 0 radical (unpaired) electrons. The van der Waals surface area contributed by atoms with E-state index in [0.29, 0.717) is 10.4 Å². The van der Waals surface area contributed by atoms with Gasteiger partial charge in [-0.1, -0.05) is 32.0 Å².